The third-order valence-electron chi connectivity index (χ3n) is 3.08. The second-order valence-electron chi connectivity index (χ2n) is 4.23. The third kappa shape index (κ3) is 0.953. The van der Waals surface area contributed by atoms with E-state index in [0.717, 1.165) is 11.1 Å². The molecule has 0 saturated heterocycles. The maximum atomic E-state index is 11.8. The van der Waals surface area contributed by atoms with Gasteiger partial charge < -0.3 is 10.6 Å². The summed E-state index contributed by atoms with van der Waals surface area (Å²) in [6.07, 6.45) is 0. The van der Waals surface area contributed by atoms with E-state index in [1.807, 2.05) is 33.0 Å². The van der Waals surface area contributed by atoms with Gasteiger partial charge in [-0.05, 0) is 31.5 Å². The number of carbonyl (C=O) groups is 1. The van der Waals surface area contributed by atoms with Gasteiger partial charge in [0.1, 0.15) is 0 Å². The third-order valence-corrected chi connectivity index (χ3v) is 3.08. The van der Waals surface area contributed by atoms with Crippen LogP contribution in [0.5, 0.6) is 0 Å². The Hall–Kier alpha value is -1.51. The van der Waals surface area contributed by atoms with Gasteiger partial charge in [-0.3, -0.25) is 4.79 Å². The first-order valence-electron chi connectivity index (χ1n) is 4.63. The molecule has 0 fully saturated rings. The van der Waals surface area contributed by atoms with Crippen molar-refractivity contribution in [3.05, 3.63) is 29.3 Å². The molecule has 0 radical (unpaired) electrons. The van der Waals surface area contributed by atoms with E-state index in [-0.39, 0.29) is 11.4 Å². The Labute approximate surface area is 83.5 Å². The second-order valence-corrected chi connectivity index (χ2v) is 4.23. The van der Waals surface area contributed by atoms with Crippen molar-refractivity contribution in [2.45, 2.75) is 19.4 Å². The number of nitrogens with two attached hydrogens (primary N) is 1. The number of nitrogen functional groups attached to an aromatic ring is 1. The topological polar surface area (TPSA) is 46.3 Å². The summed E-state index contributed by atoms with van der Waals surface area (Å²) in [7, 11) is 1.82. The highest BCUT2D eigenvalue weighted by molar-refractivity contribution is 6.00. The molecular formula is C11H14N2O. The highest BCUT2D eigenvalue weighted by Gasteiger charge is 2.40. The van der Waals surface area contributed by atoms with Crippen molar-refractivity contribution >= 4 is 11.6 Å². The van der Waals surface area contributed by atoms with Gasteiger partial charge in [-0.1, -0.05) is 6.07 Å². The van der Waals surface area contributed by atoms with E-state index < -0.39 is 0 Å². The lowest BCUT2D eigenvalue weighted by Crippen LogP contribution is -2.35. The monoisotopic (exact) mass is 190 g/mol. The van der Waals surface area contributed by atoms with E-state index >= 15 is 0 Å². The molecule has 0 saturated carbocycles. The minimum Gasteiger partial charge on any atom is -0.399 e. The van der Waals surface area contributed by atoms with Crippen LogP contribution in [0.25, 0.3) is 0 Å². The maximum absolute atomic E-state index is 11.8. The molecule has 2 N–H and O–H groups in total. The number of fused-ring (bicyclic) bond motifs is 1. The molecule has 2 rings (SSSR count). The van der Waals surface area contributed by atoms with Crippen molar-refractivity contribution in [2.24, 2.45) is 0 Å². The van der Waals surface area contributed by atoms with E-state index in [9.17, 15) is 4.79 Å². The molecule has 0 unspecified atom stereocenters. The molecular weight excluding hydrogens is 176 g/mol. The zero-order valence-electron chi connectivity index (χ0n) is 8.66. The van der Waals surface area contributed by atoms with Crippen LogP contribution in [-0.2, 0) is 5.54 Å². The molecule has 0 bridgehead atoms. The zero-order chi connectivity index (χ0) is 10.5. The van der Waals surface area contributed by atoms with Gasteiger partial charge in [0.15, 0.2) is 0 Å². The molecule has 1 aliphatic rings. The fourth-order valence-electron chi connectivity index (χ4n) is 1.89. The van der Waals surface area contributed by atoms with Crippen molar-refractivity contribution in [1.29, 1.82) is 0 Å². The van der Waals surface area contributed by atoms with Gasteiger partial charge >= 0.3 is 0 Å². The highest BCUT2D eigenvalue weighted by atomic mass is 16.2. The molecule has 0 atom stereocenters. The quantitative estimate of drug-likeness (QED) is 0.631. The van der Waals surface area contributed by atoms with Crippen LogP contribution in [0.3, 0.4) is 0 Å². The zero-order valence-corrected chi connectivity index (χ0v) is 8.66. The largest absolute Gasteiger partial charge is 0.399 e. The average Bonchev–Trinajstić information content (AvgIpc) is 2.28. The number of amides is 1. The molecule has 1 amide bonds. The number of hydrogen-bond acceptors (Lipinski definition) is 2. The van der Waals surface area contributed by atoms with Crippen molar-refractivity contribution < 1.29 is 4.79 Å². The Kier molecular flexibility index (Phi) is 1.62. The first-order chi connectivity index (χ1) is 6.44. The Bertz CT molecular complexity index is 410. The summed E-state index contributed by atoms with van der Waals surface area (Å²) < 4.78 is 0. The van der Waals surface area contributed by atoms with Crippen molar-refractivity contribution in [3.8, 4) is 0 Å². The molecule has 14 heavy (non-hydrogen) atoms. The summed E-state index contributed by atoms with van der Waals surface area (Å²) in [6.45, 7) is 4.07. The fourth-order valence-corrected chi connectivity index (χ4v) is 1.89. The van der Waals surface area contributed by atoms with Crippen molar-refractivity contribution in [1.82, 2.24) is 4.90 Å². The van der Waals surface area contributed by atoms with Crippen LogP contribution < -0.4 is 5.73 Å². The van der Waals surface area contributed by atoms with E-state index in [2.05, 4.69) is 0 Å². The van der Waals surface area contributed by atoms with Crippen LogP contribution in [0.2, 0.25) is 0 Å². The fraction of sp³-hybridized carbons (Fsp3) is 0.364. The first kappa shape index (κ1) is 9.06. The molecule has 74 valence electrons. The minimum atomic E-state index is -0.222. The molecule has 3 heteroatoms. The second kappa shape index (κ2) is 2.50. The van der Waals surface area contributed by atoms with Crippen LogP contribution in [0.1, 0.15) is 29.8 Å². The lowest BCUT2D eigenvalue weighted by atomic mass is 9.94. The number of rotatable bonds is 0. The van der Waals surface area contributed by atoms with Gasteiger partial charge in [-0.25, -0.2) is 0 Å². The standard InChI is InChI=1S/C11H14N2O/c1-11(2)9-5-4-7(12)6-8(9)10(14)13(11)3/h4-6H,12H2,1-3H3. The van der Waals surface area contributed by atoms with Crippen LogP contribution in [0.4, 0.5) is 5.69 Å². The predicted octanol–water partition coefficient (Wildman–Crippen LogP) is 1.59. The summed E-state index contributed by atoms with van der Waals surface area (Å²) in [5, 5.41) is 0. The van der Waals surface area contributed by atoms with E-state index in [1.54, 1.807) is 11.0 Å². The molecule has 0 aliphatic carbocycles. The Morgan fingerprint density at radius 2 is 2.00 bits per heavy atom. The molecule has 0 aromatic heterocycles. The Morgan fingerprint density at radius 3 is 2.64 bits per heavy atom. The summed E-state index contributed by atoms with van der Waals surface area (Å²) in [4.78, 5) is 13.6. The molecule has 3 nitrogen and oxygen atoms in total. The van der Waals surface area contributed by atoms with Gasteiger partial charge in [-0.2, -0.15) is 0 Å². The summed E-state index contributed by atoms with van der Waals surface area (Å²) in [5.41, 5.74) is 7.86. The van der Waals surface area contributed by atoms with Gasteiger partial charge in [0, 0.05) is 18.3 Å². The van der Waals surface area contributed by atoms with Crippen LogP contribution in [-0.4, -0.2) is 17.9 Å². The number of nitrogens with zero attached hydrogens (tertiary/aromatic N) is 1. The predicted molar refractivity (Wildman–Crippen MR) is 56.0 cm³/mol. The van der Waals surface area contributed by atoms with Crippen LogP contribution >= 0.6 is 0 Å². The van der Waals surface area contributed by atoms with Gasteiger partial charge in [-0.15, -0.1) is 0 Å². The lowest BCUT2D eigenvalue weighted by Gasteiger charge is -2.28. The Balaban J connectivity index is 2.68. The van der Waals surface area contributed by atoms with Gasteiger partial charge in [0.05, 0.1) is 5.54 Å². The molecule has 1 aromatic carbocycles. The summed E-state index contributed by atoms with van der Waals surface area (Å²) in [6, 6.07) is 5.53. The SMILES string of the molecule is CN1C(=O)c2cc(N)ccc2C1(C)C. The smallest absolute Gasteiger partial charge is 0.254 e. The van der Waals surface area contributed by atoms with E-state index in [4.69, 9.17) is 5.73 Å². The van der Waals surface area contributed by atoms with E-state index in [1.165, 1.54) is 0 Å². The van der Waals surface area contributed by atoms with Gasteiger partial charge in [0.2, 0.25) is 0 Å². The van der Waals surface area contributed by atoms with Crippen LogP contribution in [0, 0.1) is 0 Å². The molecule has 1 aliphatic heterocycles. The highest BCUT2D eigenvalue weighted by Crippen LogP contribution is 2.37. The number of benzene rings is 1. The normalized spacial score (nSPS) is 18.5. The van der Waals surface area contributed by atoms with Crippen LogP contribution in [0.15, 0.2) is 18.2 Å². The number of hydrogen-bond donors (Lipinski definition) is 1. The minimum absolute atomic E-state index is 0.0531. The molecule has 1 heterocycles. The number of anilines is 1. The van der Waals surface area contributed by atoms with Gasteiger partial charge in [0.25, 0.3) is 5.91 Å². The molecule has 0 spiro atoms. The summed E-state index contributed by atoms with van der Waals surface area (Å²) in [5.74, 6) is 0.0531. The number of carbonyl (C=O) groups excluding carboxylic acids is 1. The van der Waals surface area contributed by atoms with Crippen molar-refractivity contribution in [3.63, 3.8) is 0 Å². The Morgan fingerprint density at radius 1 is 1.36 bits per heavy atom. The van der Waals surface area contributed by atoms with E-state index in [0.29, 0.717) is 5.69 Å². The first-order valence-corrected chi connectivity index (χ1v) is 4.63. The average molecular weight is 190 g/mol. The lowest BCUT2D eigenvalue weighted by molar-refractivity contribution is 0.0691. The van der Waals surface area contributed by atoms with Crippen molar-refractivity contribution in [2.75, 3.05) is 12.8 Å². The maximum Gasteiger partial charge on any atom is 0.254 e. The molecule has 1 aromatic rings. The summed E-state index contributed by atoms with van der Waals surface area (Å²) >= 11 is 0.